The van der Waals surface area contributed by atoms with Crippen molar-refractivity contribution in [2.45, 2.75) is 25.9 Å². The highest BCUT2D eigenvalue weighted by Gasteiger charge is 2.46. The number of aryl methyl sites for hydroxylation is 1. The van der Waals surface area contributed by atoms with E-state index in [4.69, 9.17) is 11.6 Å². The standard InChI is InChI=1S/C14H13ClFN5O/c1-7-2-3-17-13(18-7)8-4-9(8)14(22)21-11-5-10(15)19-12(6-16)20-11/h2-3,5,8-9H,4,6H2,1H3,(H,19,20,21,22)/t8-,9-/m0/s1. The van der Waals surface area contributed by atoms with E-state index in [0.717, 1.165) is 5.69 Å². The summed E-state index contributed by atoms with van der Waals surface area (Å²) in [6, 6.07) is 3.20. The van der Waals surface area contributed by atoms with Crippen LogP contribution < -0.4 is 5.32 Å². The molecule has 1 saturated carbocycles. The van der Waals surface area contributed by atoms with Crippen LogP contribution in [0.5, 0.6) is 0 Å². The lowest BCUT2D eigenvalue weighted by Crippen LogP contribution is -2.16. The molecule has 1 aliphatic rings. The van der Waals surface area contributed by atoms with Gasteiger partial charge in [-0.25, -0.2) is 24.3 Å². The number of nitrogens with one attached hydrogen (secondary N) is 1. The van der Waals surface area contributed by atoms with Gasteiger partial charge in [0.25, 0.3) is 0 Å². The van der Waals surface area contributed by atoms with E-state index in [2.05, 4.69) is 25.3 Å². The number of rotatable bonds is 4. The normalized spacial score (nSPS) is 19.8. The average molecular weight is 322 g/mol. The van der Waals surface area contributed by atoms with Crippen LogP contribution in [0.15, 0.2) is 18.3 Å². The van der Waals surface area contributed by atoms with Gasteiger partial charge in [-0.15, -0.1) is 0 Å². The molecular weight excluding hydrogens is 309 g/mol. The molecule has 6 nitrogen and oxygen atoms in total. The van der Waals surface area contributed by atoms with E-state index in [9.17, 15) is 9.18 Å². The van der Waals surface area contributed by atoms with Crippen molar-refractivity contribution < 1.29 is 9.18 Å². The van der Waals surface area contributed by atoms with Crippen molar-refractivity contribution >= 4 is 23.3 Å². The first-order valence-electron chi connectivity index (χ1n) is 6.76. The van der Waals surface area contributed by atoms with Gasteiger partial charge in [-0.3, -0.25) is 4.79 Å². The summed E-state index contributed by atoms with van der Waals surface area (Å²) in [6.45, 7) is 1.04. The van der Waals surface area contributed by atoms with Gasteiger partial charge in [-0.1, -0.05) is 11.6 Å². The van der Waals surface area contributed by atoms with E-state index in [-0.39, 0.29) is 34.5 Å². The number of nitrogens with zero attached hydrogens (tertiary/aromatic N) is 4. The Labute approximate surface area is 131 Å². The molecule has 3 rings (SSSR count). The van der Waals surface area contributed by atoms with Gasteiger partial charge in [0.1, 0.15) is 23.5 Å². The van der Waals surface area contributed by atoms with E-state index in [1.807, 2.05) is 13.0 Å². The van der Waals surface area contributed by atoms with Crippen molar-refractivity contribution in [3.05, 3.63) is 40.8 Å². The zero-order valence-corrected chi connectivity index (χ0v) is 12.5. The summed E-state index contributed by atoms with van der Waals surface area (Å²) < 4.78 is 12.6. The second-order valence-electron chi connectivity index (χ2n) is 5.12. The second kappa shape index (κ2) is 5.92. The van der Waals surface area contributed by atoms with Gasteiger partial charge < -0.3 is 5.32 Å². The number of carbonyl (C=O) groups is 1. The highest BCUT2D eigenvalue weighted by Crippen LogP contribution is 2.46. The summed E-state index contributed by atoms with van der Waals surface area (Å²) in [5, 5.41) is 2.73. The summed E-state index contributed by atoms with van der Waals surface area (Å²) in [7, 11) is 0. The quantitative estimate of drug-likeness (QED) is 0.875. The maximum Gasteiger partial charge on any atom is 0.229 e. The van der Waals surface area contributed by atoms with Gasteiger partial charge in [-0.2, -0.15) is 0 Å². The summed E-state index contributed by atoms with van der Waals surface area (Å²) in [6.07, 6.45) is 2.37. The molecule has 2 atom stereocenters. The van der Waals surface area contributed by atoms with Crippen molar-refractivity contribution in [2.75, 3.05) is 5.32 Å². The highest BCUT2D eigenvalue weighted by molar-refractivity contribution is 6.29. The van der Waals surface area contributed by atoms with E-state index in [0.29, 0.717) is 12.2 Å². The molecule has 1 N–H and O–H groups in total. The van der Waals surface area contributed by atoms with Crippen LogP contribution in [-0.2, 0) is 11.5 Å². The van der Waals surface area contributed by atoms with Crippen LogP contribution in [0, 0.1) is 12.8 Å². The van der Waals surface area contributed by atoms with E-state index in [1.54, 1.807) is 6.20 Å². The van der Waals surface area contributed by atoms with Crippen molar-refractivity contribution in [3.8, 4) is 0 Å². The largest absolute Gasteiger partial charge is 0.310 e. The molecule has 1 fully saturated rings. The first kappa shape index (κ1) is 14.8. The number of hydrogen-bond acceptors (Lipinski definition) is 5. The van der Waals surface area contributed by atoms with E-state index in [1.165, 1.54) is 6.07 Å². The lowest BCUT2D eigenvalue weighted by Gasteiger charge is -2.05. The summed E-state index contributed by atoms with van der Waals surface area (Å²) in [4.78, 5) is 28.3. The van der Waals surface area contributed by atoms with Crippen LogP contribution >= 0.6 is 11.6 Å². The molecule has 0 aromatic carbocycles. The first-order valence-corrected chi connectivity index (χ1v) is 7.14. The number of amides is 1. The molecule has 114 valence electrons. The average Bonchev–Trinajstić information content (AvgIpc) is 3.27. The summed E-state index contributed by atoms with van der Waals surface area (Å²) >= 11 is 5.76. The monoisotopic (exact) mass is 321 g/mol. The molecule has 0 unspecified atom stereocenters. The van der Waals surface area contributed by atoms with Crippen LogP contribution in [0.3, 0.4) is 0 Å². The predicted octanol–water partition coefficient (Wildman–Crippen LogP) is 2.44. The minimum Gasteiger partial charge on any atom is -0.310 e. The Balaban J connectivity index is 1.68. The number of halogens is 2. The van der Waals surface area contributed by atoms with Crippen LogP contribution in [0.2, 0.25) is 5.15 Å². The van der Waals surface area contributed by atoms with Gasteiger partial charge in [-0.05, 0) is 19.4 Å². The highest BCUT2D eigenvalue weighted by atomic mass is 35.5. The Bertz CT molecular complexity index is 726. The third-order valence-corrected chi connectivity index (χ3v) is 3.58. The van der Waals surface area contributed by atoms with Gasteiger partial charge in [0, 0.05) is 29.8 Å². The van der Waals surface area contributed by atoms with Crippen LogP contribution in [0.4, 0.5) is 10.2 Å². The lowest BCUT2D eigenvalue weighted by atomic mass is 10.2. The van der Waals surface area contributed by atoms with Gasteiger partial charge in [0.05, 0.1) is 0 Å². The van der Waals surface area contributed by atoms with E-state index >= 15 is 0 Å². The van der Waals surface area contributed by atoms with Crippen LogP contribution in [-0.4, -0.2) is 25.8 Å². The summed E-state index contributed by atoms with van der Waals surface area (Å²) in [5.74, 6) is 0.424. The number of aromatic nitrogens is 4. The van der Waals surface area contributed by atoms with Crippen LogP contribution in [0.1, 0.15) is 29.7 Å². The zero-order valence-electron chi connectivity index (χ0n) is 11.8. The molecule has 0 bridgehead atoms. The first-order chi connectivity index (χ1) is 10.6. The maximum absolute atomic E-state index is 12.6. The Morgan fingerprint density at radius 2 is 2.27 bits per heavy atom. The van der Waals surface area contributed by atoms with Crippen molar-refractivity contribution in [1.29, 1.82) is 0 Å². The Morgan fingerprint density at radius 1 is 1.45 bits per heavy atom. The van der Waals surface area contributed by atoms with Crippen LogP contribution in [0.25, 0.3) is 0 Å². The molecule has 1 aliphatic carbocycles. The number of alkyl halides is 1. The maximum atomic E-state index is 12.6. The van der Waals surface area contributed by atoms with E-state index < -0.39 is 6.67 Å². The fourth-order valence-electron chi connectivity index (χ4n) is 2.22. The third kappa shape index (κ3) is 3.19. The fraction of sp³-hybridized carbons (Fsp3) is 0.357. The Kier molecular flexibility index (Phi) is 3.98. The minimum atomic E-state index is -0.841. The van der Waals surface area contributed by atoms with Crippen molar-refractivity contribution in [3.63, 3.8) is 0 Å². The molecule has 2 aromatic heterocycles. The van der Waals surface area contributed by atoms with Gasteiger partial charge in [0.15, 0.2) is 5.82 Å². The number of hydrogen-bond donors (Lipinski definition) is 1. The smallest absolute Gasteiger partial charge is 0.229 e. The van der Waals surface area contributed by atoms with Crippen molar-refractivity contribution in [1.82, 2.24) is 19.9 Å². The minimum absolute atomic E-state index is 0.0119. The number of anilines is 1. The Morgan fingerprint density at radius 3 is 3.00 bits per heavy atom. The zero-order chi connectivity index (χ0) is 15.7. The molecular formula is C14H13ClFN5O. The molecule has 1 amide bonds. The molecule has 0 saturated heterocycles. The molecule has 0 spiro atoms. The molecule has 0 aliphatic heterocycles. The molecule has 2 aromatic rings. The topological polar surface area (TPSA) is 80.7 Å². The molecule has 8 heteroatoms. The summed E-state index contributed by atoms with van der Waals surface area (Å²) in [5.41, 5.74) is 0.867. The fourth-order valence-corrected chi connectivity index (χ4v) is 2.43. The third-order valence-electron chi connectivity index (χ3n) is 3.38. The molecule has 2 heterocycles. The number of carbonyl (C=O) groups excluding carboxylic acids is 1. The Hall–Kier alpha value is -2.15. The SMILES string of the molecule is Cc1ccnc([C@H]2C[C@@H]2C(=O)Nc2cc(Cl)nc(CF)n2)n1. The van der Waals surface area contributed by atoms with Gasteiger partial charge in [0.2, 0.25) is 5.91 Å². The van der Waals surface area contributed by atoms with Crippen molar-refractivity contribution in [2.24, 2.45) is 5.92 Å². The molecule has 0 radical (unpaired) electrons. The molecule has 22 heavy (non-hydrogen) atoms. The second-order valence-corrected chi connectivity index (χ2v) is 5.51. The predicted molar refractivity (Wildman–Crippen MR) is 78.1 cm³/mol. The lowest BCUT2D eigenvalue weighted by molar-refractivity contribution is -0.117. The van der Waals surface area contributed by atoms with Gasteiger partial charge >= 0.3 is 0 Å².